The van der Waals surface area contributed by atoms with E-state index in [0.717, 1.165) is 50.5 Å². The number of hydrogen-bond acceptors (Lipinski definition) is 6. The lowest BCUT2D eigenvalue weighted by atomic mass is 9.89. The second kappa shape index (κ2) is 7.80. The Morgan fingerprint density at radius 2 is 2.00 bits per heavy atom. The van der Waals surface area contributed by atoms with E-state index in [1.807, 2.05) is 0 Å². The monoisotopic (exact) mass is 389 g/mol. The van der Waals surface area contributed by atoms with Gasteiger partial charge in [-0.15, -0.1) is 11.3 Å². The molecule has 4 rings (SSSR count). The molecular weight excluding hydrogens is 366 g/mol. The molecule has 2 aliphatic carbocycles. The molecular formula is C19H23N3O4S. The van der Waals surface area contributed by atoms with Crippen molar-refractivity contribution >= 4 is 33.4 Å². The fourth-order valence-corrected chi connectivity index (χ4v) is 5.26. The molecule has 1 saturated carbocycles. The molecule has 0 aromatic carbocycles. The van der Waals surface area contributed by atoms with Gasteiger partial charge in [0.1, 0.15) is 23.8 Å². The number of H-pyrrole nitrogens is 1. The van der Waals surface area contributed by atoms with E-state index in [-0.39, 0.29) is 30.5 Å². The Bertz CT molecular complexity index is 927. The van der Waals surface area contributed by atoms with Crippen LogP contribution in [0.1, 0.15) is 54.8 Å². The maximum absolute atomic E-state index is 12.4. The number of nitrogens with one attached hydrogen (secondary N) is 2. The van der Waals surface area contributed by atoms with Crippen molar-refractivity contribution in [3.05, 3.63) is 26.6 Å². The third-order valence-corrected chi connectivity index (χ3v) is 6.56. The van der Waals surface area contributed by atoms with E-state index in [0.29, 0.717) is 16.0 Å². The van der Waals surface area contributed by atoms with E-state index >= 15 is 0 Å². The summed E-state index contributed by atoms with van der Waals surface area (Å²) >= 11 is 1.55. The summed E-state index contributed by atoms with van der Waals surface area (Å²) < 4.78 is 5.17. The van der Waals surface area contributed by atoms with Crippen LogP contribution in [0.5, 0.6) is 0 Å². The summed E-state index contributed by atoms with van der Waals surface area (Å²) in [5, 5.41) is 3.33. The molecule has 0 spiro atoms. The predicted octanol–water partition coefficient (Wildman–Crippen LogP) is 2.21. The molecule has 0 radical (unpaired) electrons. The van der Waals surface area contributed by atoms with Gasteiger partial charge in [0, 0.05) is 10.8 Å². The molecule has 2 aromatic rings. The van der Waals surface area contributed by atoms with Gasteiger partial charge in [-0.1, -0.05) is 19.3 Å². The average molecular weight is 389 g/mol. The van der Waals surface area contributed by atoms with E-state index in [1.165, 1.54) is 11.3 Å². The Balaban J connectivity index is 1.32. The molecule has 2 aromatic heterocycles. The molecule has 2 heterocycles. The number of aromatic nitrogens is 2. The SMILES string of the molecule is O=C(CNC(=O)C1CCCCC1)OCc1nc2sc3c(c2c(=O)[nH]1)CCC3. The molecule has 0 aliphatic heterocycles. The average Bonchev–Trinajstić information content (AvgIpc) is 3.25. The minimum atomic E-state index is -0.532. The van der Waals surface area contributed by atoms with Gasteiger partial charge >= 0.3 is 5.97 Å². The molecule has 0 atom stereocenters. The lowest BCUT2D eigenvalue weighted by Gasteiger charge is -2.20. The van der Waals surface area contributed by atoms with Gasteiger partial charge in [0.25, 0.3) is 5.56 Å². The fraction of sp³-hybridized carbons (Fsp3) is 0.579. The zero-order valence-electron chi connectivity index (χ0n) is 15.1. The number of aryl methyl sites for hydroxylation is 2. The molecule has 0 unspecified atom stereocenters. The molecule has 27 heavy (non-hydrogen) atoms. The van der Waals surface area contributed by atoms with Crippen LogP contribution < -0.4 is 10.9 Å². The van der Waals surface area contributed by atoms with E-state index < -0.39 is 5.97 Å². The van der Waals surface area contributed by atoms with Crippen LogP contribution in [0.4, 0.5) is 0 Å². The Morgan fingerprint density at radius 1 is 1.19 bits per heavy atom. The summed E-state index contributed by atoms with van der Waals surface area (Å²) in [5.41, 5.74) is 0.953. The normalized spacial score (nSPS) is 17.0. The van der Waals surface area contributed by atoms with Crippen molar-refractivity contribution in [2.24, 2.45) is 5.92 Å². The first kappa shape index (κ1) is 18.2. The Morgan fingerprint density at radius 3 is 2.81 bits per heavy atom. The van der Waals surface area contributed by atoms with Gasteiger partial charge in [-0.2, -0.15) is 0 Å². The molecule has 144 valence electrons. The van der Waals surface area contributed by atoms with Crippen LogP contribution in [-0.2, 0) is 33.8 Å². The Kier molecular flexibility index (Phi) is 5.24. The Hall–Kier alpha value is -2.22. The summed E-state index contributed by atoms with van der Waals surface area (Å²) in [6.45, 7) is -0.263. The molecule has 1 fully saturated rings. The van der Waals surface area contributed by atoms with Crippen LogP contribution in [0, 0.1) is 5.92 Å². The maximum Gasteiger partial charge on any atom is 0.325 e. The van der Waals surface area contributed by atoms with Crippen LogP contribution in [0.3, 0.4) is 0 Å². The van der Waals surface area contributed by atoms with Gasteiger partial charge in [0.15, 0.2) is 0 Å². The number of carbonyl (C=O) groups excluding carboxylic acids is 2. The van der Waals surface area contributed by atoms with Crippen molar-refractivity contribution in [2.75, 3.05) is 6.54 Å². The number of fused-ring (bicyclic) bond motifs is 3. The fourth-order valence-electron chi connectivity index (χ4n) is 3.98. The number of aromatic amines is 1. The summed E-state index contributed by atoms with van der Waals surface area (Å²) in [4.78, 5) is 45.4. The third-order valence-electron chi connectivity index (χ3n) is 5.38. The van der Waals surface area contributed by atoms with Gasteiger partial charge < -0.3 is 15.0 Å². The summed E-state index contributed by atoms with van der Waals surface area (Å²) in [5.74, 6) is -0.268. The van der Waals surface area contributed by atoms with Crippen molar-refractivity contribution in [1.29, 1.82) is 0 Å². The highest BCUT2D eigenvalue weighted by atomic mass is 32.1. The van der Waals surface area contributed by atoms with Crippen molar-refractivity contribution < 1.29 is 14.3 Å². The first-order valence-corrected chi connectivity index (χ1v) is 10.4. The van der Waals surface area contributed by atoms with Gasteiger partial charge in [-0.05, 0) is 37.7 Å². The number of nitrogens with zero attached hydrogens (tertiary/aromatic N) is 1. The van der Waals surface area contributed by atoms with Crippen LogP contribution in [0.2, 0.25) is 0 Å². The zero-order chi connectivity index (χ0) is 18.8. The minimum Gasteiger partial charge on any atom is -0.456 e. The van der Waals surface area contributed by atoms with E-state index in [9.17, 15) is 14.4 Å². The highest BCUT2D eigenvalue weighted by molar-refractivity contribution is 7.18. The number of amides is 1. The van der Waals surface area contributed by atoms with Crippen molar-refractivity contribution in [3.8, 4) is 0 Å². The molecule has 2 N–H and O–H groups in total. The number of esters is 1. The predicted molar refractivity (Wildman–Crippen MR) is 102 cm³/mol. The molecule has 1 amide bonds. The highest BCUT2D eigenvalue weighted by Gasteiger charge is 2.22. The van der Waals surface area contributed by atoms with Crippen LogP contribution in [-0.4, -0.2) is 28.4 Å². The lowest BCUT2D eigenvalue weighted by Crippen LogP contribution is -2.36. The molecule has 8 heteroatoms. The number of rotatable bonds is 5. The standard InChI is InChI=1S/C19H23N3O4S/c23-15(9-20-17(24)11-5-2-1-3-6-11)26-10-14-21-18(25)16-12-7-4-8-13(12)27-19(16)22-14/h11H,1-10H2,(H,20,24)(H,21,22,25). The summed E-state index contributed by atoms with van der Waals surface area (Å²) in [7, 11) is 0. The largest absolute Gasteiger partial charge is 0.456 e. The topological polar surface area (TPSA) is 101 Å². The number of carbonyl (C=O) groups is 2. The quantitative estimate of drug-likeness (QED) is 0.764. The van der Waals surface area contributed by atoms with Crippen molar-refractivity contribution in [2.45, 2.75) is 58.0 Å². The molecule has 0 bridgehead atoms. The maximum atomic E-state index is 12.4. The zero-order valence-corrected chi connectivity index (χ0v) is 16.0. The molecule has 7 nitrogen and oxygen atoms in total. The third kappa shape index (κ3) is 3.90. The smallest absolute Gasteiger partial charge is 0.325 e. The van der Waals surface area contributed by atoms with Crippen LogP contribution in [0.15, 0.2) is 4.79 Å². The van der Waals surface area contributed by atoms with Gasteiger partial charge in [-0.3, -0.25) is 14.4 Å². The second-order valence-electron chi connectivity index (χ2n) is 7.26. The first-order chi connectivity index (χ1) is 13.1. The van der Waals surface area contributed by atoms with Gasteiger partial charge in [-0.25, -0.2) is 4.98 Å². The van der Waals surface area contributed by atoms with Crippen molar-refractivity contribution in [1.82, 2.24) is 15.3 Å². The van der Waals surface area contributed by atoms with Gasteiger partial charge in [0.05, 0.1) is 5.39 Å². The summed E-state index contributed by atoms with van der Waals surface area (Å²) in [6.07, 6.45) is 8.09. The number of thiophene rings is 1. The van der Waals surface area contributed by atoms with Crippen LogP contribution in [0.25, 0.3) is 10.2 Å². The minimum absolute atomic E-state index is 0.00718. The van der Waals surface area contributed by atoms with Crippen molar-refractivity contribution in [3.63, 3.8) is 0 Å². The van der Waals surface area contributed by atoms with Crippen LogP contribution >= 0.6 is 11.3 Å². The Labute approximate surface area is 160 Å². The number of ether oxygens (including phenoxy) is 1. The highest BCUT2D eigenvalue weighted by Crippen LogP contribution is 2.34. The van der Waals surface area contributed by atoms with E-state index in [1.54, 1.807) is 11.3 Å². The second-order valence-corrected chi connectivity index (χ2v) is 8.35. The lowest BCUT2D eigenvalue weighted by molar-refractivity contribution is -0.145. The molecule has 2 aliphatic rings. The molecule has 0 saturated heterocycles. The number of hydrogen-bond donors (Lipinski definition) is 2. The summed E-state index contributed by atoms with van der Waals surface area (Å²) in [6, 6.07) is 0. The first-order valence-electron chi connectivity index (χ1n) is 9.58. The van der Waals surface area contributed by atoms with Gasteiger partial charge in [0.2, 0.25) is 5.91 Å². The van der Waals surface area contributed by atoms with E-state index in [2.05, 4.69) is 15.3 Å². The van der Waals surface area contributed by atoms with E-state index in [4.69, 9.17) is 4.74 Å².